The number of amides is 1. The molecule has 0 atom stereocenters. The van der Waals surface area contributed by atoms with Crippen LogP contribution in [0.4, 0.5) is 5.69 Å². The zero-order valence-corrected chi connectivity index (χ0v) is 19.0. The fraction of sp³-hybridized carbons (Fsp3) is 0.682. The van der Waals surface area contributed by atoms with Crippen LogP contribution < -0.4 is 15.4 Å². The van der Waals surface area contributed by atoms with Crippen molar-refractivity contribution in [1.29, 1.82) is 0 Å². The van der Waals surface area contributed by atoms with Crippen molar-refractivity contribution in [3.63, 3.8) is 0 Å². The number of carbonyl (C=O) groups is 1. The maximum Gasteiger partial charge on any atom is 0.246 e. The van der Waals surface area contributed by atoms with Crippen LogP contribution in [-0.2, 0) is 14.8 Å². The minimum Gasteiger partial charge on any atom is -0.495 e. The van der Waals surface area contributed by atoms with Crippen LogP contribution in [0.15, 0.2) is 23.1 Å². The van der Waals surface area contributed by atoms with Crippen molar-refractivity contribution in [1.82, 2.24) is 9.62 Å². The van der Waals surface area contributed by atoms with Crippen molar-refractivity contribution in [2.75, 3.05) is 38.6 Å². The number of methoxy groups -OCH3 is 1. The third kappa shape index (κ3) is 5.95. The number of anilines is 1. The van der Waals surface area contributed by atoms with Crippen molar-refractivity contribution in [2.24, 2.45) is 11.8 Å². The minimum absolute atomic E-state index is 0.112. The average molecular weight is 438 g/mol. The lowest BCUT2D eigenvalue weighted by Gasteiger charge is -2.32. The van der Waals surface area contributed by atoms with E-state index in [1.165, 1.54) is 52.2 Å². The summed E-state index contributed by atoms with van der Waals surface area (Å²) in [5, 5.41) is 6.06. The number of hydrogen-bond donors (Lipinski definition) is 2. The van der Waals surface area contributed by atoms with Crippen molar-refractivity contribution < 1.29 is 17.9 Å². The Morgan fingerprint density at radius 3 is 2.37 bits per heavy atom. The van der Waals surface area contributed by atoms with Gasteiger partial charge in [0.15, 0.2) is 0 Å². The van der Waals surface area contributed by atoms with Gasteiger partial charge in [0.25, 0.3) is 0 Å². The van der Waals surface area contributed by atoms with E-state index in [0.717, 1.165) is 31.8 Å². The SMILES string of the molecule is COc1ccc(NC(C)=O)cc1S(=O)(=O)N1CCC(CCCC2CCNCC2)CC1. The molecule has 8 heteroatoms. The van der Waals surface area contributed by atoms with Gasteiger partial charge in [0, 0.05) is 25.7 Å². The summed E-state index contributed by atoms with van der Waals surface area (Å²) < 4.78 is 33.4. The molecule has 0 aliphatic carbocycles. The molecule has 1 aromatic carbocycles. The zero-order chi connectivity index (χ0) is 21.6. The molecule has 1 amide bonds. The van der Waals surface area contributed by atoms with Gasteiger partial charge in [0.1, 0.15) is 10.6 Å². The molecule has 0 unspecified atom stereocenters. The Kier molecular flexibility index (Phi) is 8.13. The summed E-state index contributed by atoms with van der Waals surface area (Å²) in [7, 11) is -2.21. The van der Waals surface area contributed by atoms with Crippen LogP contribution >= 0.6 is 0 Å². The van der Waals surface area contributed by atoms with Crippen LogP contribution in [0.1, 0.15) is 51.9 Å². The van der Waals surface area contributed by atoms with Crippen LogP contribution in [0, 0.1) is 11.8 Å². The van der Waals surface area contributed by atoms with Gasteiger partial charge in [-0.05, 0) is 68.8 Å². The van der Waals surface area contributed by atoms with E-state index in [1.54, 1.807) is 16.4 Å². The van der Waals surface area contributed by atoms with Gasteiger partial charge < -0.3 is 15.4 Å². The summed E-state index contributed by atoms with van der Waals surface area (Å²) in [5.41, 5.74) is 0.453. The molecule has 0 spiro atoms. The van der Waals surface area contributed by atoms with Gasteiger partial charge in [-0.2, -0.15) is 4.31 Å². The molecule has 2 aliphatic rings. The topological polar surface area (TPSA) is 87.7 Å². The van der Waals surface area contributed by atoms with Crippen molar-refractivity contribution >= 4 is 21.6 Å². The number of hydrogen-bond acceptors (Lipinski definition) is 5. The summed E-state index contributed by atoms with van der Waals surface area (Å²) >= 11 is 0. The molecule has 0 radical (unpaired) electrons. The highest BCUT2D eigenvalue weighted by molar-refractivity contribution is 7.89. The molecule has 2 aliphatic heterocycles. The Bertz CT molecular complexity index is 814. The third-order valence-electron chi connectivity index (χ3n) is 6.36. The van der Waals surface area contributed by atoms with E-state index < -0.39 is 10.0 Å². The highest BCUT2D eigenvalue weighted by Gasteiger charge is 2.31. The summed E-state index contributed by atoms with van der Waals surface area (Å²) in [6.45, 7) is 4.76. The Hall–Kier alpha value is -1.64. The standard InChI is InChI=1S/C22H35N3O4S/c1-17(26)24-20-6-7-21(29-2)22(16-20)30(27,28)25-14-10-19(11-15-25)5-3-4-18-8-12-23-13-9-18/h6-7,16,18-19,23H,3-5,8-15H2,1-2H3,(H,24,26). The molecule has 2 N–H and O–H groups in total. The Balaban J connectivity index is 1.57. The van der Waals surface area contributed by atoms with E-state index in [2.05, 4.69) is 10.6 Å². The molecular weight excluding hydrogens is 402 g/mol. The van der Waals surface area contributed by atoms with Gasteiger partial charge in [0.05, 0.1) is 7.11 Å². The fourth-order valence-corrected chi connectivity index (χ4v) is 6.25. The summed E-state index contributed by atoms with van der Waals surface area (Å²) in [6.07, 6.45) is 8.12. The third-order valence-corrected chi connectivity index (χ3v) is 8.28. The fourth-order valence-electron chi connectivity index (χ4n) is 4.60. The lowest BCUT2D eigenvalue weighted by molar-refractivity contribution is -0.114. The molecule has 0 aromatic heterocycles. The van der Waals surface area contributed by atoms with E-state index in [1.807, 2.05) is 0 Å². The highest BCUT2D eigenvalue weighted by atomic mass is 32.2. The summed E-state index contributed by atoms with van der Waals surface area (Å²) in [5.74, 6) is 1.52. The molecule has 0 bridgehead atoms. The van der Waals surface area contributed by atoms with Gasteiger partial charge in [0.2, 0.25) is 15.9 Å². The molecule has 0 saturated carbocycles. The van der Waals surface area contributed by atoms with Crippen LogP contribution in [0.5, 0.6) is 5.75 Å². The van der Waals surface area contributed by atoms with E-state index in [-0.39, 0.29) is 10.8 Å². The largest absolute Gasteiger partial charge is 0.495 e. The molecule has 168 valence electrons. The molecule has 2 heterocycles. The second-order valence-corrected chi connectivity index (χ2v) is 10.4. The first-order valence-electron chi connectivity index (χ1n) is 11.1. The van der Waals surface area contributed by atoms with E-state index in [9.17, 15) is 13.2 Å². The number of piperidine rings is 2. The van der Waals surface area contributed by atoms with Crippen molar-refractivity contribution in [3.8, 4) is 5.75 Å². The smallest absolute Gasteiger partial charge is 0.246 e. The van der Waals surface area contributed by atoms with Crippen LogP contribution in [-0.4, -0.2) is 51.9 Å². The first kappa shape index (κ1) is 23.0. The quantitative estimate of drug-likeness (QED) is 0.652. The van der Waals surface area contributed by atoms with Gasteiger partial charge in [-0.25, -0.2) is 8.42 Å². The maximum absolute atomic E-state index is 13.3. The molecule has 3 rings (SSSR count). The predicted octanol–water partition coefficient (Wildman–Crippen LogP) is 3.22. The summed E-state index contributed by atoms with van der Waals surface area (Å²) in [6, 6.07) is 4.72. The molecule has 2 fully saturated rings. The first-order valence-corrected chi connectivity index (χ1v) is 12.5. The number of carbonyl (C=O) groups excluding carboxylic acids is 1. The van der Waals surface area contributed by atoms with Crippen LogP contribution in [0.3, 0.4) is 0 Å². The zero-order valence-electron chi connectivity index (χ0n) is 18.2. The summed E-state index contributed by atoms with van der Waals surface area (Å²) in [4.78, 5) is 11.5. The van der Waals surface area contributed by atoms with Crippen molar-refractivity contribution in [2.45, 2.75) is 56.8 Å². The monoisotopic (exact) mass is 437 g/mol. The highest BCUT2D eigenvalue weighted by Crippen LogP contribution is 2.33. The maximum atomic E-state index is 13.3. The van der Waals surface area contributed by atoms with E-state index in [4.69, 9.17) is 4.74 Å². The molecular formula is C22H35N3O4S. The van der Waals surface area contributed by atoms with E-state index >= 15 is 0 Å². The molecule has 1 aromatic rings. The predicted molar refractivity (Wildman–Crippen MR) is 118 cm³/mol. The number of rotatable bonds is 8. The Labute approximate surface area is 180 Å². The van der Waals surface area contributed by atoms with Gasteiger partial charge >= 0.3 is 0 Å². The molecule has 7 nitrogen and oxygen atoms in total. The first-order chi connectivity index (χ1) is 14.4. The van der Waals surface area contributed by atoms with Crippen LogP contribution in [0.25, 0.3) is 0 Å². The molecule has 30 heavy (non-hydrogen) atoms. The minimum atomic E-state index is -3.67. The Morgan fingerprint density at radius 1 is 1.13 bits per heavy atom. The number of benzene rings is 1. The lowest BCUT2D eigenvalue weighted by atomic mass is 9.87. The second-order valence-electron chi connectivity index (χ2n) is 8.52. The Morgan fingerprint density at radius 2 is 1.77 bits per heavy atom. The lowest BCUT2D eigenvalue weighted by Crippen LogP contribution is -2.38. The number of nitrogens with one attached hydrogen (secondary N) is 2. The average Bonchev–Trinajstić information content (AvgIpc) is 2.74. The van der Waals surface area contributed by atoms with E-state index in [0.29, 0.717) is 30.4 Å². The van der Waals surface area contributed by atoms with Gasteiger partial charge in [-0.1, -0.05) is 19.3 Å². The van der Waals surface area contributed by atoms with Crippen molar-refractivity contribution in [3.05, 3.63) is 18.2 Å². The number of nitrogens with zero attached hydrogens (tertiary/aromatic N) is 1. The van der Waals surface area contributed by atoms with Gasteiger partial charge in [-0.3, -0.25) is 4.79 Å². The normalized spacial score (nSPS) is 19.5. The van der Waals surface area contributed by atoms with Gasteiger partial charge in [-0.15, -0.1) is 0 Å². The van der Waals surface area contributed by atoms with Crippen LogP contribution in [0.2, 0.25) is 0 Å². The number of ether oxygens (including phenoxy) is 1. The second kappa shape index (κ2) is 10.6. The molecule has 2 saturated heterocycles. The number of sulfonamides is 1.